The van der Waals surface area contributed by atoms with E-state index in [2.05, 4.69) is 22.4 Å². The van der Waals surface area contributed by atoms with Crippen LogP contribution in [0, 0.1) is 0 Å². The standard InChI is InChI=1S/C9H15N3OS/c1-2-14-6-8-11-9(13-12-8)7-4-3-5-10-7/h7,10H,2-6H2,1H3/t7-/m0/s1. The summed E-state index contributed by atoms with van der Waals surface area (Å²) in [5.41, 5.74) is 0. The van der Waals surface area contributed by atoms with Crippen LogP contribution in [0.2, 0.25) is 0 Å². The van der Waals surface area contributed by atoms with Crippen LogP contribution < -0.4 is 5.32 Å². The monoisotopic (exact) mass is 213 g/mol. The van der Waals surface area contributed by atoms with Crippen LogP contribution in [0.4, 0.5) is 0 Å². The van der Waals surface area contributed by atoms with Crippen molar-refractivity contribution >= 4 is 11.8 Å². The van der Waals surface area contributed by atoms with Crippen molar-refractivity contribution in [3.05, 3.63) is 11.7 Å². The van der Waals surface area contributed by atoms with Crippen LogP contribution in [0.1, 0.15) is 37.5 Å². The van der Waals surface area contributed by atoms with E-state index in [4.69, 9.17) is 4.52 Å². The molecule has 0 saturated carbocycles. The quantitative estimate of drug-likeness (QED) is 0.825. The summed E-state index contributed by atoms with van der Waals surface area (Å²) in [7, 11) is 0. The van der Waals surface area contributed by atoms with Gasteiger partial charge in [0.15, 0.2) is 5.82 Å². The van der Waals surface area contributed by atoms with Gasteiger partial charge in [-0.25, -0.2) is 0 Å². The summed E-state index contributed by atoms with van der Waals surface area (Å²) in [4.78, 5) is 4.37. The van der Waals surface area contributed by atoms with Gasteiger partial charge in [-0.1, -0.05) is 12.1 Å². The average molecular weight is 213 g/mol. The molecule has 0 amide bonds. The van der Waals surface area contributed by atoms with E-state index in [0.717, 1.165) is 36.2 Å². The maximum atomic E-state index is 5.21. The summed E-state index contributed by atoms with van der Waals surface area (Å²) in [5, 5.41) is 7.29. The first-order valence-electron chi connectivity index (χ1n) is 5.03. The van der Waals surface area contributed by atoms with Crippen molar-refractivity contribution < 1.29 is 4.52 Å². The smallest absolute Gasteiger partial charge is 0.243 e. The summed E-state index contributed by atoms with van der Waals surface area (Å²) in [5.74, 6) is 3.52. The SMILES string of the molecule is CCSCc1noc([C@@H]2CCCN2)n1. The predicted molar refractivity (Wildman–Crippen MR) is 56.1 cm³/mol. The molecule has 1 aromatic heterocycles. The van der Waals surface area contributed by atoms with Gasteiger partial charge in [0.05, 0.1) is 11.8 Å². The maximum Gasteiger partial charge on any atom is 0.243 e. The number of aromatic nitrogens is 2. The van der Waals surface area contributed by atoms with Crippen molar-refractivity contribution in [1.82, 2.24) is 15.5 Å². The fourth-order valence-corrected chi connectivity index (χ4v) is 2.06. The van der Waals surface area contributed by atoms with Gasteiger partial charge in [0.1, 0.15) is 0 Å². The summed E-state index contributed by atoms with van der Waals surface area (Å²) < 4.78 is 5.21. The molecule has 0 aliphatic carbocycles. The Bertz CT molecular complexity index is 283. The number of nitrogens with one attached hydrogen (secondary N) is 1. The van der Waals surface area contributed by atoms with E-state index in [9.17, 15) is 0 Å². The van der Waals surface area contributed by atoms with Gasteiger partial charge in [0.25, 0.3) is 0 Å². The topological polar surface area (TPSA) is 51.0 Å². The zero-order valence-corrected chi connectivity index (χ0v) is 9.14. The fraction of sp³-hybridized carbons (Fsp3) is 0.778. The third kappa shape index (κ3) is 2.27. The highest BCUT2D eigenvalue weighted by molar-refractivity contribution is 7.98. The summed E-state index contributed by atoms with van der Waals surface area (Å²) >= 11 is 1.81. The Morgan fingerprint density at radius 1 is 1.64 bits per heavy atom. The van der Waals surface area contributed by atoms with Crippen LogP contribution in [0.25, 0.3) is 0 Å². The van der Waals surface area contributed by atoms with Crippen molar-refractivity contribution in [3.63, 3.8) is 0 Å². The van der Waals surface area contributed by atoms with Crippen LogP contribution in [0.5, 0.6) is 0 Å². The van der Waals surface area contributed by atoms with Gasteiger partial charge in [0.2, 0.25) is 5.89 Å². The Kier molecular flexibility index (Phi) is 3.42. The van der Waals surface area contributed by atoms with E-state index < -0.39 is 0 Å². The molecule has 14 heavy (non-hydrogen) atoms. The highest BCUT2D eigenvalue weighted by Crippen LogP contribution is 2.21. The van der Waals surface area contributed by atoms with Gasteiger partial charge in [0, 0.05) is 0 Å². The third-order valence-electron chi connectivity index (χ3n) is 2.28. The molecule has 1 aliphatic heterocycles. The highest BCUT2D eigenvalue weighted by atomic mass is 32.2. The van der Waals surface area contributed by atoms with Gasteiger partial charge >= 0.3 is 0 Å². The Balaban J connectivity index is 1.94. The molecule has 0 unspecified atom stereocenters. The summed E-state index contributed by atoms with van der Waals surface area (Å²) in [6, 6.07) is 0.294. The van der Waals surface area contributed by atoms with Crippen molar-refractivity contribution in [1.29, 1.82) is 0 Å². The lowest BCUT2D eigenvalue weighted by Crippen LogP contribution is -2.13. The normalized spacial score (nSPS) is 21.6. The minimum Gasteiger partial charge on any atom is -0.338 e. The predicted octanol–water partition coefficient (Wildman–Crippen LogP) is 1.75. The molecular formula is C9H15N3OS. The van der Waals surface area contributed by atoms with E-state index in [0.29, 0.717) is 6.04 Å². The van der Waals surface area contributed by atoms with Gasteiger partial charge in [-0.15, -0.1) is 0 Å². The minimum atomic E-state index is 0.294. The molecule has 5 heteroatoms. The maximum absolute atomic E-state index is 5.21. The summed E-state index contributed by atoms with van der Waals surface area (Å²) in [6.07, 6.45) is 2.31. The van der Waals surface area contributed by atoms with Gasteiger partial charge in [-0.05, 0) is 25.1 Å². The Morgan fingerprint density at radius 2 is 2.57 bits per heavy atom. The molecular weight excluding hydrogens is 198 g/mol. The molecule has 0 aromatic carbocycles. The largest absolute Gasteiger partial charge is 0.338 e. The molecule has 0 bridgehead atoms. The number of rotatable bonds is 4. The molecule has 2 heterocycles. The minimum absolute atomic E-state index is 0.294. The van der Waals surface area contributed by atoms with Gasteiger partial charge < -0.3 is 9.84 Å². The first-order valence-corrected chi connectivity index (χ1v) is 6.19. The van der Waals surface area contributed by atoms with Gasteiger partial charge in [-0.3, -0.25) is 0 Å². The number of hydrogen-bond donors (Lipinski definition) is 1. The first-order chi connectivity index (χ1) is 6.90. The van der Waals surface area contributed by atoms with Crippen molar-refractivity contribution in [2.45, 2.75) is 31.6 Å². The lowest BCUT2D eigenvalue weighted by molar-refractivity contribution is 0.342. The number of nitrogens with zero attached hydrogens (tertiary/aromatic N) is 2. The second-order valence-electron chi connectivity index (χ2n) is 3.33. The molecule has 1 fully saturated rings. The molecule has 1 aliphatic rings. The molecule has 1 aromatic rings. The second-order valence-corrected chi connectivity index (χ2v) is 4.61. The van der Waals surface area contributed by atoms with Crippen LogP contribution in [0.15, 0.2) is 4.52 Å². The molecule has 0 radical (unpaired) electrons. The second kappa shape index (κ2) is 4.79. The van der Waals surface area contributed by atoms with Crippen LogP contribution in [0.3, 0.4) is 0 Å². The Morgan fingerprint density at radius 3 is 3.29 bits per heavy atom. The molecule has 0 spiro atoms. The van der Waals surface area contributed by atoms with Crippen LogP contribution >= 0.6 is 11.8 Å². The van der Waals surface area contributed by atoms with E-state index in [1.165, 1.54) is 6.42 Å². The Labute approximate surface area is 87.8 Å². The van der Waals surface area contributed by atoms with E-state index in [-0.39, 0.29) is 0 Å². The van der Waals surface area contributed by atoms with Crippen molar-refractivity contribution in [2.75, 3.05) is 12.3 Å². The Hall–Kier alpha value is -0.550. The zero-order valence-electron chi connectivity index (χ0n) is 8.32. The lowest BCUT2D eigenvalue weighted by atomic mass is 10.2. The molecule has 2 rings (SSSR count). The third-order valence-corrected chi connectivity index (χ3v) is 3.15. The van der Waals surface area contributed by atoms with Crippen molar-refractivity contribution in [2.24, 2.45) is 0 Å². The van der Waals surface area contributed by atoms with Crippen LogP contribution in [-0.2, 0) is 5.75 Å². The summed E-state index contributed by atoms with van der Waals surface area (Å²) in [6.45, 7) is 3.19. The molecule has 1 N–H and O–H groups in total. The van der Waals surface area contributed by atoms with E-state index >= 15 is 0 Å². The first kappa shape index (κ1) is 9.98. The van der Waals surface area contributed by atoms with Crippen LogP contribution in [-0.4, -0.2) is 22.4 Å². The fourth-order valence-electron chi connectivity index (χ4n) is 1.56. The van der Waals surface area contributed by atoms with E-state index in [1.54, 1.807) is 0 Å². The number of thioether (sulfide) groups is 1. The molecule has 1 saturated heterocycles. The molecule has 78 valence electrons. The lowest BCUT2D eigenvalue weighted by Gasteiger charge is -2.01. The van der Waals surface area contributed by atoms with Gasteiger partial charge in [-0.2, -0.15) is 16.7 Å². The molecule has 4 nitrogen and oxygen atoms in total. The number of hydrogen-bond acceptors (Lipinski definition) is 5. The average Bonchev–Trinajstić information content (AvgIpc) is 2.85. The molecule has 1 atom stereocenters. The van der Waals surface area contributed by atoms with Crippen molar-refractivity contribution in [3.8, 4) is 0 Å². The zero-order chi connectivity index (χ0) is 9.80. The highest BCUT2D eigenvalue weighted by Gasteiger charge is 2.21. The van der Waals surface area contributed by atoms with E-state index in [1.807, 2.05) is 11.8 Å².